The van der Waals surface area contributed by atoms with E-state index in [-0.39, 0.29) is 21.6 Å². The van der Waals surface area contributed by atoms with Gasteiger partial charge in [0.25, 0.3) is 0 Å². The predicted octanol–water partition coefficient (Wildman–Crippen LogP) is 4.02. The van der Waals surface area contributed by atoms with Crippen LogP contribution in [0.15, 0.2) is 33.8 Å². The number of furan rings is 1. The van der Waals surface area contributed by atoms with Crippen molar-refractivity contribution in [2.45, 2.75) is 49.3 Å². The van der Waals surface area contributed by atoms with Crippen LogP contribution in [-0.4, -0.2) is 24.8 Å². The molecule has 1 aliphatic carbocycles. The van der Waals surface area contributed by atoms with Crippen LogP contribution >= 0.6 is 11.6 Å². The Labute approximate surface area is 162 Å². The molecule has 7 nitrogen and oxygen atoms in total. The number of aromatic hydroxyl groups is 1. The van der Waals surface area contributed by atoms with E-state index in [0.29, 0.717) is 0 Å². The average Bonchev–Trinajstić information content (AvgIpc) is 3.07. The highest BCUT2D eigenvalue weighted by atomic mass is 35.5. The largest absolute Gasteiger partial charge is 0.504 e. The first-order chi connectivity index (χ1) is 12.7. The number of anilines is 1. The molecule has 0 saturated carbocycles. The number of sulfone groups is 1. The number of carbonyl (C=O) groups is 1. The Morgan fingerprint density at radius 3 is 2.78 bits per heavy atom. The number of phenolic OH excluding ortho intramolecular Hbond substituents is 1. The lowest BCUT2D eigenvalue weighted by atomic mass is 9.94. The summed E-state index contributed by atoms with van der Waals surface area (Å²) in [7, 11) is -3.82. The summed E-state index contributed by atoms with van der Waals surface area (Å²) in [6.07, 6.45) is 4.14. The summed E-state index contributed by atoms with van der Waals surface area (Å²) in [5, 5.41) is 14.8. The monoisotopic (exact) mass is 412 g/mol. The quantitative estimate of drug-likeness (QED) is 0.657. The summed E-state index contributed by atoms with van der Waals surface area (Å²) in [6.45, 7) is 2.98. The minimum absolute atomic E-state index is 0.0356. The molecular formula is C18H21ClN2O5S. The number of halogens is 1. The first-order valence-electron chi connectivity index (χ1n) is 8.61. The molecule has 1 aromatic heterocycles. The normalized spacial score (nSPS) is 16.8. The Kier molecular flexibility index (Phi) is 5.39. The fraction of sp³-hybridized carbons (Fsp3) is 0.389. The third kappa shape index (κ3) is 3.77. The van der Waals surface area contributed by atoms with Crippen molar-refractivity contribution in [1.82, 2.24) is 5.32 Å². The second-order valence-electron chi connectivity index (χ2n) is 6.72. The molecule has 1 aliphatic rings. The summed E-state index contributed by atoms with van der Waals surface area (Å²) in [5.74, 6) is 0.147. The van der Waals surface area contributed by atoms with Crippen molar-refractivity contribution in [2.75, 3.05) is 5.32 Å². The summed E-state index contributed by atoms with van der Waals surface area (Å²) in [6, 6.07) is 3.72. The van der Waals surface area contributed by atoms with Gasteiger partial charge in [0.15, 0.2) is 15.6 Å². The maximum Gasteiger partial charge on any atom is 0.319 e. The number of rotatable bonds is 4. The number of carbonyl (C=O) groups excluding carboxylic acids is 1. The number of fused-ring (bicyclic) bond motifs is 1. The van der Waals surface area contributed by atoms with E-state index in [4.69, 9.17) is 16.0 Å². The van der Waals surface area contributed by atoms with E-state index in [1.807, 2.05) is 6.07 Å². The van der Waals surface area contributed by atoms with E-state index < -0.39 is 26.9 Å². The van der Waals surface area contributed by atoms with Gasteiger partial charge in [0.1, 0.15) is 10.7 Å². The average molecular weight is 413 g/mol. The van der Waals surface area contributed by atoms with Crippen molar-refractivity contribution in [3.05, 3.63) is 40.8 Å². The molecule has 0 saturated heterocycles. The van der Waals surface area contributed by atoms with Gasteiger partial charge in [-0.1, -0.05) is 11.6 Å². The summed E-state index contributed by atoms with van der Waals surface area (Å²) >= 11 is 5.99. The topological polar surface area (TPSA) is 109 Å². The van der Waals surface area contributed by atoms with Crippen molar-refractivity contribution >= 4 is 33.2 Å². The fourth-order valence-electron chi connectivity index (χ4n) is 3.10. The number of hydrogen-bond donors (Lipinski definition) is 3. The molecule has 0 aliphatic heterocycles. The number of hydrogen-bond acceptors (Lipinski definition) is 5. The lowest BCUT2D eigenvalue weighted by Crippen LogP contribution is -2.34. The first kappa shape index (κ1) is 19.6. The molecule has 0 spiro atoms. The Bertz CT molecular complexity index is 968. The van der Waals surface area contributed by atoms with Gasteiger partial charge in [-0.2, -0.15) is 0 Å². The number of urea groups is 1. The molecular weight excluding hydrogens is 392 g/mol. The van der Waals surface area contributed by atoms with Crippen LogP contribution < -0.4 is 10.6 Å². The van der Waals surface area contributed by atoms with Gasteiger partial charge >= 0.3 is 6.03 Å². The molecule has 2 aromatic rings. The molecule has 146 valence electrons. The molecule has 1 heterocycles. The highest BCUT2D eigenvalue weighted by Crippen LogP contribution is 2.39. The molecule has 1 unspecified atom stereocenters. The van der Waals surface area contributed by atoms with Crippen molar-refractivity contribution < 1.29 is 22.7 Å². The number of aryl methyl sites for hydroxylation is 1. The second-order valence-corrected chi connectivity index (χ2v) is 9.57. The number of benzene rings is 1. The Morgan fingerprint density at radius 2 is 2.07 bits per heavy atom. The van der Waals surface area contributed by atoms with Crippen LogP contribution in [0.3, 0.4) is 0 Å². The Morgan fingerprint density at radius 1 is 1.33 bits per heavy atom. The van der Waals surface area contributed by atoms with Crippen LogP contribution in [-0.2, 0) is 16.3 Å². The fourth-order valence-corrected chi connectivity index (χ4v) is 4.76. The first-order valence-corrected chi connectivity index (χ1v) is 10.5. The van der Waals surface area contributed by atoms with Crippen LogP contribution in [0.4, 0.5) is 10.5 Å². The van der Waals surface area contributed by atoms with Gasteiger partial charge in [-0.25, -0.2) is 13.2 Å². The zero-order chi connectivity index (χ0) is 19.8. The molecule has 0 fully saturated rings. The maximum absolute atomic E-state index is 12.5. The molecule has 9 heteroatoms. The standard InChI is InChI=1S/C18H21ClN2O5S/c1-10(2)27(24,25)17-12(19)6-7-13(15(17)22)20-18(23)21-14-5-3-4-11-8-9-26-16(11)14/h6-10,14,22H,3-5H2,1-2H3,(H2,20,21,23). The van der Waals surface area contributed by atoms with Crippen LogP contribution in [0.1, 0.15) is 44.1 Å². The zero-order valence-electron chi connectivity index (χ0n) is 15.0. The van der Waals surface area contributed by atoms with E-state index in [9.17, 15) is 18.3 Å². The second kappa shape index (κ2) is 7.44. The van der Waals surface area contributed by atoms with Crippen molar-refractivity contribution in [1.29, 1.82) is 0 Å². The lowest BCUT2D eigenvalue weighted by molar-refractivity contribution is 0.244. The highest BCUT2D eigenvalue weighted by Gasteiger charge is 2.29. The lowest BCUT2D eigenvalue weighted by Gasteiger charge is -2.22. The summed E-state index contributed by atoms with van der Waals surface area (Å²) in [4.78, 5) is 12.0. The van der Waals surface area contributed by atoms with Gasteiger partial charge in [0, 0.05) is 0 Å². The third-order valence-corrected chi connectivity index (χ3v) is 7.23. The van der Waals surface area contributed by atoms with Gasteiger partial charge in [0.05, 0.1) is 28.3 Å². The molecule has 0 radical (unpaired) electrons. The van der Waals surface area contributed by atoms with E-state index in [1.54, 1.807) is 6.26 Å². The van der Waals surface area contributed by atoms with Gasteiger partial charge < -0.3 is 20.2 Å². The van der Waals surface area contributed by atoms with E-state index in [1.165, 1.54) is 26.0 Å². The van der Waals surface area contributed by atoms with Crippen LogP contribution in [0.2, 0.25) is 5.02 Å². The molecule has 27 heavy (non-hydrogen) atoms. The maximum atomic E-state index is 12.5. The van der Waals surface area contributed by atoms with E-state index in [2.05, 4.69) is 10.6 Å². The van der Waals surface area contributed by atoms with E-state index >= 15 is 0 Å². The summed E-state index contributed by atoms with van der Waals surface area (Å²) < 4.78 is 30.4. The molecule has 3 rings (SSSR count). The minimum atomic E-state index is -3.82. The molecule has 1 aromatic carbocycles. The van der Waals surface area contributed by atoms with Gasteiger partial charge in [-0.3, -0.25) is 0 Å². The van der Waals surface area contributed by atoms with Crippen molar-refractivity contribution in [2.24, 2.45) is 0 Å². The van der Waals surface area contributed by atoms with Crippen molar-refractivity contribution in [3.63, 3.8) is 0 Å². The van der Waals surface area contributed by atoms with Crippen LogP contribution in [0.25, 0.3) is 0 Å². The molecule has 2 amide bonds. The van der Waals surface area contributed by atoms with Crippen LogP contribution in [0.5, 0.6) is 5.75 Å². The van der Waals surface area contributed by atoms with Gasteiger partial charge in [0.2, 0.25) is 0 Å². The molecule has 1 atom stereocenters. The Balaban J connectivity index is 1.82. The van der Waals surface area contributed by atoms with Crippen molar-refractivity contribution in [3.8, 4) is 5.75 Å². The highest BCUT2D eigenvalue weighted by molar-refractivity contribution is 7.92. The number of amides is 2. The van der Waals surface area contributed by atoms with Gasteiger partial charge in [-0.05, 0) is 56.9 Å². The SMILES string of the molecule is CC(C)S(=O)(=O)c1c(Cl)ccc(NC(=O)NC2CCCc3ccoc32)c1O. The van der Waals surface area contributed by atoms with E-state index in [0.717, 1.165) is 30.6 Å². The predicted molar refractivity (Wildman–Crippen MR) is 102 cm³/mol. The Hall–Kier alpha value is -2.19. The molecule has 3 N–H and O–H groups in total. The number of phenols is 1. The number of nitrogens with one attached hydrogen (secondary N) is 2. The minimum Gasteiger partial charge on any atom is -0.504 e. The zero-order valence-corrected chi connectivity index (χ0v) is 16.5. The summed E-state index contributed by atoms with van der Waals surface area (Å²) in [5.41, 5.74) is 1.03. The molecule has 0 bridgehead atoms. The van der Waals surface area contributed by atoms with Gasteiger partial charge in [-0.15, -0.1) is 0 Å². The third-order valence-electron chi connectivity index (χ3n) is 4.58. The van der Waals surface area contributed by atoms with Crippen LogP contribution in [0, 0.1) is 0 Å². The smallest absolute Gasteiger partial charge is 0.319 e.